The zero-order valence-electron chi connectivity index (χ0n) is 18.3. The summed E-state index contributed by atoms with van der Waals surface area (Å²) in [5, 5.41) is 0. The van der Waals surface area contributed by atoms with Gasteiger partial charge in [0.25, 0.3) is 0 Å². The summed E-state index contributed by atoms with van der Waals surface area (Å²) < 4.78 is 5.77. The second kappa shape index (κ2) is 11.8. The lowest BCUT2D eigenvalue weighted by atomic mass is 9.78. The highest BCUT2D eigenvalue weighted by Gasteiger charge is 2.21. The fourth-order valence-electron chi connectivity index (χ4n) is 4.20. The van der Waals surface area contributed by atoms with E-state index in [9.17, 15) is 0 Å². The Morgan fingerprint density at radius 2 is 1.48 bits per heavy atom. The van der Waals surface area contributed by atoms with Crippen LogP contribution in [0.25, 0.3) is 11.1 Å². The first-order chi connectivity index (χ1) is 14.3. The number of hydrogen-bond acceptors (Lipinski definition) is 1. The van der Waals surface area contributed by atoms with Gasteiger partial charge in [-0.3, -0.25) is 0 Å². The Morgan fingerprint density at radius 3 is 2.10 bits per heavy atom. The van der Waals surface area contributed by atoms with Gasteiger partial charge < -0.3 is 4.74 Å². The van der Waals surface area contributed by atoms with Crippen LogP contribution in [0.3, 0.4) is 0 Å². The number of unbranched alkanes of at least 4 members (excludes halogenated alkanes) is 2. The van der Waals surface area contributed by atoms with Gasteiger partial charge in [0.2, 0.25) is 0 Å². The van der Waals surface area contributed by atoms with E-state index in [1.807, 2.05) is 0 Å². The van der Waals surface area contributed by atoms with Gasteiger partial charge in [0, 0.05) is 18.9 Å². The monoisotopic (exact) mass is 388 g/mol. The van der Waals surface area contributed by atoms with Crippen molar-refractivity contribution in [3.05, 3.63) is 59.7 Å². The van der Waals surface area contributed by atoms with Gasteiger partial charge in [-0.1, -0.05) is 81.1 Å². The predicted octanol–water partition coefficient (Wildman–Crippen LogP) is 7.75. The lowest BCUT2D eigenvalue weighted by molar-refractivity contribution is 0.117. The van der Waals surface area contributed by atoms with Crippen molar-refractivity contribution in [2.45, 2.75) is 77.7 Å². The molecule has 3 rings (SSSR count). The molecule has 0 atom stereocenters. The van der Waals surface area contributed by atoms with Gasteiger partial charge in [-0.05, 0) is 60.3 Å². The molecule has 2 aromatic carbocycles. The molecular formula is C28H36O. The molecule has 2 aromatic rings. The Labute approximate surface area is 177 Å². The topological polar surface area (TPSA) is 9.23 Å². The van der Waals surface area contributed by atoms with Crippen LogP contribution in [0.15, 0.2) is 48.5 Å². The van der Waals surface area contributed by atoms with Crippen molar-refractivity contribution in [2.75, 3.05) is 6.61 Å². The fourth-order valence-corrected chi connectivity index (χ4v) is 4.20. The van der Waals surface area contributed by atoms with E-state index in [1.54, 1.807) is 0 Å². The van der Waals surface area contributed by atoms with Crippen molar-refractivity contribution in [3.63, 3.8) is 0 Å². The molecule has 0 spiro atoms. The second-order valence-corrected chi connectivity index (χ2v) is 8.30. The Balaban J connectivity index is 1.51. The first kappa shape index (κ1) is 21.7. The zero-order chi connectivity index (χ0) is 20.3. The van der Waals surface area contributed by atoms with Crippen LogP contribution in [0.1, 0.15) is 82.3 Å². The van der Waals surface area contributed by atoms with Crippen molar-refractivity contribution < 1.29 is 4.74 Å². The van der Waals surface area contributed by atoms with E-state index in [1.165, 1.54) is 60.8 Å². The highest BCUT2D eigenvalue weighted by Crippen LogP contribution is 2.36. The van der Waals surface area contributed by atoms with E-state index in [4.69, 9.17) is 4.74 Å². The number of ether oxygens (including phenoxy) is 1. The van der Waals surface area contributed by atoms with Gasteiger partial charge in [0.15, 0.2) is 0 Å². The van der Waals surface area contributed by atoms with Crippen LogP contribution in [-0.4, -0.2) is 6.61 Å². The van der Waals surface area contributed by atoms with Crippen LogP contribution in [-0.2, 0) is 11.3 Å². The summed E-state index contributed by atoms with van der Waals surface area (Å²) in [5.41, 5.74) is 5.33. The molecule has 0 saturated heterocycles. The maximum Gasteiger partial charge on any atom is 0.0716 e. The van der Waals surface area contributed by atoms with Crippen LogP contribution in [0.2, 0.25) is 0 Å². The lowest BCUT2D eigenvalue weighted by Gasteiger charge is -2.26. The Morgan fingerprint density at radius 1 is 0.828 bits per heavy atom. The van der Waals surface area contributed by atoms with Gasteiger partial charge in [0.1, 0.15) is 0 Å². The third-order valence-electron chi connectivity index (χ3n) is 6.04. The number of hydrogen-bond donors (Lipinski definition) is 0. The zero-order valence-corrected chi connectivity index (χ0v) is 18.3. The summed E-state index contributed by atoms with van der Waals surface area (Å²) in [4.78, 5) is 0. The van der Waals surface area contributed by atoms with Crippen LogP contribution < -0.4 is 0 Å². The Bertz CT molecular complexity index is 768. The minimum absolute atomic E-state index is 0.625. The molecule has 29 heavy (non-hydrogen) atoms. The molecule has 1 saturated carbocycles. The van der Waals surface area contributed by atoms with Crippen LogP contribution in [0, 0.1) is 17.8 Å². The smallest absolute Gasteiger partial charge is 0.0716 e. The standard InChI is InChI=1S/C28H36O/c1-3-5-7-21-29-22-24-11-15-26(16-12-24)28-19-17-27(18-20-28)25-13-9-23(10-14-25)8-6-4-2/h11-12,15-20,23,25H,3-5,7,9-10,13-14,21-22H2,1-2H3. The van der Waals surface area contributed by atoms with E-state index in [0.29, 0.717) is 18.4 Å². The highest BCUT2D eigenvalue weighted by atomic mass is 16.5. The van der Waals surface area contributed by atoms with Crippen LogP contribution >= 0.6 is 0 Å². The molecule has 0 bridgehead atoms. The SMILES string of the molecule is CCC#CC1CCC(c2ccc(-c3ccc(COCCCCC)cc3)cc2)CC1. The average Bonchev–Trinajstić information content (AvgIpc) is 2.78. The summed E-state index contributed by atoms with van der Waals surface area (Å²) in [6.45, 7) is 5.94. The lowest BCUT2D eigenvalue weighted by Crippen LogP contribution is -2.12. The van der Waals surface area contributed by atoms with Gasteiger partial charge in [-0.2, -0.15) is 0 Å². The van der Waals surface area contributed by atoms with Crippen molar-refractivity contribution >= 4 is 0 Å². The van der Waals surface area contributed by atoms with Crippen molar-refractivity contribution in [2.24, 2.45) is 5.92 Å². The fraction of sp³-hybridized carbons (Fsp3) is 0.500. The highest BCUT2D eigenvalue weighted by molar-refractivity contribution is 5.64. The molecule has 0 aromatic heterocycles. The predicted molar refractivity (Wildman–Crippen MR) is 124 cm³/mol. The number of benzene rings is 2. The molecular weight excluding hydrogens is 352 g/mol. The van der Waals surface area contributed by atoms with Crippen molar-refractivity contribution in [3.8, 4) is 23.0 Å². The first-order valence-corrected chi connectivity index (χ1v) is 11.6. The summed E-state index contributed by atoms with van der Waals surface area (Å²) in [6, 6.07) is 18.1. The van der Waals surface area contributed by atoms with E-state index < -0.39 is 0 Å². The average molecular weight is 389 g/mol. The van der Waals surface area contributed by atoms with Gasteiger partial charge >= 0.3 is 0 Å². The third kappa shape index (κ3) is 6.76. The molecule has 0 aliphatic heterocycles. The minimum atomic E-state index is 0.625. The minimum Gasteiger partial charge on any atom is -0.377 e. The summed E-state index contributed by atoms with van der Waals surface area (Å²) in [5.74, 6) is 8.03. The second-order valence-electron chi connectivity index (χ2n) is 8.30. The van der Waals surface area contributed by atoms with Crippen molar-refractivity contribution in [1.29, 1.82) is 0 Å². The van der Waals surface area contributed by atoms with E-state index in [2.05, 4.69) is 74.2 Å². The Hall–Kier alpha value is -2.04. The Kier molecular flexibility index (Phi) is 8.84. The van der Waals surface area contributed by atoms with Crippen LogP contribution in [0.4, 0.5) is 0 Å². The molecule has 1 heteroatoms. The van der Waals surface area contributed by atoms with E-state index in [-0.39, 0.29) is 0 Å². The quantitative estimate of drug-likeness (QED) is 0.332. The van der Waals surface area contributed by atoms with E-state index >= 15 is 0 Å². The molecule has 1 nitrogen and oxygen atoms in total. The maximum atomic E-state index is 5.77. The molecule has 1 aliphatic rings. The summed E-state index contributed by atoms with van der Waals surface area (Å²) in [6.07, 6.45) is 9.69. The van der Waals surface area contributed by atoms with Gasteiger partial charge in [-0.15, -0.1) is 5.92 Å². The summed E-state index contributed by atoms with van der Waals surface area (Å²) in [7, 11) is 0. The third-order valence-corrected chi connectivity index (χ3v) is 6.04. The van der Waals surface area contributed by atoms with Gasteiger partial charge in [-0.25, -0.2) is 0 Å². The summed E-state index contributed by atoms with van der Waals surface area (Å²) >= 11 is 0. The normalized spacial score (nSPS) is 18.8. The molecule has 1 aliphatic carbocycles. The number of rotatable bonds is 8. The largest absolute Gasteiger partial charge is 0.377 e. The molecule has 0 amide bonds. The molecule has 0 radical (unpaired) electrons. The molecule has 1 fully saturated rings. The molecule has 0 unspecified atom stereocenters. The van der Waals surface area contributed by atoms with Crippen molar-refractivity contribution in [1.82, 2.24) is 0 Å². The van der Waals surface area contributed by atoms with Crippen LogP contribution in [0.5, 0.6) is 0 Å². The van der Waals surface area contributed by atoms with E-state index in [0.717, 1.165) is 19.4 Å². The molecule has 0 heterocycles. The molecule has 0 N–H and O–H groups in total. The maximum absolute atomic E-state index is 5.77. The van der Waals surface area contributed by atoms with Gasteiger partial charge in [0.05, 0.1) is 6.61 Å². The first-order valence-electron chi connectivity index (χ1n) is 11.6. The molecule has 154 valence electrons.